The van der Waals surface area contributed by atoms with Crippen LogP contribution in [0.5, 0.6) is 0 Å². The second kappa shape index (κ2) is 9.75. The molecule has 11 heteroatoms. The molecule has 37 heavy (non-hydrogen) atoms. The van der Waals surface area contributed by atoms with Crippen LogP contribution in [0.2, 0.25) is 0 Å². The maximum Gasteiger partial charge on any atom is 0.278 e. The van der Waals surface area contributed by atoms with E-state index >= 15 is 0 Å². The molecule has 0 aromatic carbocycles. The number of hydrogen-bond acceptors (Lipinski definition) is 9. The lowest BCUT2D eigenvalue weighted by atomic mass is 10.1. The Morgan fingerprint density at radius 1 is 1.05 bits per heavy atom. The van der Waals surface area contributed by atoms with Crippen molar-refractivity contribution in [2.75, 3.05) is 43.4 Å². The third-order valence-corrected chi connectivity index (χ3v) is 6.39. The molecular formula is C26H31N9O2. The maximum absolute atomic E-state index is 13.2. The number of pyridine rings is 2. The summed E-state index contributed by atoms with van der Waals surface area (Å²) in [4.78, 5) is 36.0. The molecule has 0 unspecified atom stereocenters. The summed E-state index contributed by atoms with van der Waals surface area (Å²) in [6, 6.07) is 9.22. The molecule has 4 aromatic rings. The van der Waals surface area contributed by atoms with Crippen molar-refractivity contribution in [2.45, 2.75) is 26.0 Å². The zero-order valence-corrected chi connectivity index (χ0v) is 21.3. The van der Waals surface area contributed by atoms with Crippen LogP contribution in [0.3, 0.4) is 0 Å². The number of nitrogens with one attached hydrogen (secondary N) is 1. The molecule has 0 atom stereocenters. The summed E-state index contributed by atoms with van der Waals surface area (Å²) < 4.78 is 3.13. The molecule has 5 rings (SSSR count). The molecule has 0 saturated carbocycles. The van der Waals surface area contributed by atoms with Crippen molar-refractivity contribution in [3.05, 3.63) is 71.4 Å². The molecular weight excluding hydrogens is 470 g/mol. The van der Waals surface area contributed by atoms with Gasteiger partial charge in [0.1, 0.15) is 16.8 Å². The number of rotatable bonds is 7. The molecule has 0 amide bonds. The highest BCUT2D eigenvalue weighted by atomic mass is 16.3. The van der Waals surface area contributed by atoms with Crippen molar-refractivity contribution in [1.82, 2.24) is 34.2 Å². The van der Waals surface area contributed by atoms with Crippen molar-refractivity contribution in [2.24, 2.45) is 0 Å². The zero-order chi connectivity index (χ0) is 26.2. The molecule has 0 bridgehead atoms. The number of aliphatic hydroxyl groups is 1. The molecule has 0 radical (unpaired) electrons. The third kappa shape index (κ3) is 4.95. The summed E-state index contributed by atoms with van der Waals surface area (Å²) in [5, 5.41) is 14.0. The van der Waals surface area contributed by atoms with Gasteiger partial charge in [0, 0.05) is 32.4 Å². The van der Waals surface area contributed by atoms with Gasteiger partial charge in [-0.2, -0.15) is 4.98 Å². The number of nitrogens with zero attached hydrogens (tertiary/aromatic N) is 8. The topological polar surface area (TPSA) is 117 Å². The number of likely N-dealkylation sites (N-methyl/N-ethyl adjacent to an activating group) is 1. The quantitative estimate of drug-likeness (QED) is 0.368. The first kappa shape index (κ1) is 24.6. The molecule has 1 fully saturated rings. The fraction of sp³-hybridized carbons (Fsp3) is 0.346. The van der Waals surface area contributed by atoms with Gasteiger partial charge in [-0.05, 0) is 45.2 Å². The predicted molar refractivity (Wildman–Crippen MR) is 144 cm³/mol. The van der Waals surface area contributed by atoms with Crippen molar-refractivity contribution < 1.29 is 5.11 Å². The third-order valence-electron chi connectivity index (χ3n) is 6.39. The van der Waals surface area contributed by atoms with Crippen molar-refractivity contribution in [3.8, 4) is 5.82 Å². The summed E-state index contributed by atoms with van der Waals surface area (Å²) in [7, 11) is 2.12. The second-order valence-electron chi connectivity index (χ2n) is 9.68. The highest BCUT2D eigenvalue weighted by Crippen LogP contribution is 2.22. The minimum Gasteiger partial charge on any atom is -0.384 e. The molecule has 4 aromatic heterocycles. The first-order chi connectivity index (χ1) is 17.7. The maximum atomic E-state index is 13.2. The number of fused-ring (bicyclic) bond motifs is 1. The minimum atomic E-state index is -1.15. The monoisotopic (exact) mass is 501 g/mol. The summed E-state index contributed by atoms with van der Waals surface area (Å²) in [6.07, 6.45) is 4.90. The zero-order valence-electron chi connectivity index (χ0n) is 21.3. The smallest absolute Gasteiger partial charge is 0.278 e. The van der Waals surface area contributed by atoms with E-state index in [1.54, 1.807) is 49.0 Å². The van der Waals surface area contributed by atoms with E-state index in [0.29, 0.717) is 28.5 Å². The summed E-state index contributed by atoms with van der Waals surface area (Å²) in [5.41, 5.74) is 0.206. The summed E-state index contributed by atoms with van der Waals surface area (Å²) in [6.45, 7) is 11.3. The second-order valence-corrected chi connectivity index (χ2v) is 9.68. The fourth-order valence-electron chi connectivity index (χ4n) is 4.30. The molecule has 11 nitrogen and oxygen atoms in total. The molecule has 1 aliphatic heterocycles. The molecule has 0 aliphatic carbocycles. The van der Waals surface area contributed by atoms with E-state index in [1.807, 2.05) is 12.1 Å². The van der Waals surface area contributed by atoms with Gasteiger partial charge in [0.2, 0.25) is 5.95 Å². The van der Waals surface area contributed by atoms with Gasteiger partial charge in [-0.15, -0.1) is 6.58 Å². The predicted octanol–water partition coefficient (Wildman–Crippen LogP) is 2.28. The van der Waals surface area contributed by atoms with E-state index in [1.165, 1.54) is 10.9 Å². The van der Waals surface area contributed by atoms with Crippen LogP contribution in [0, 0.1) is 0 Å². The van der Waals surface area contributed by atoms with E-state index in [-0.39, 0.29) is 12.1 Å². The molecule has 2 N–H and O–H groups in total. The lowest BCUT2D eigenvalue weighted by Crippen LogP contribution is -2.44. The number of hydrogen-bond donors (Lipinski definition) is 2. The summed E-state index contributed by atoms with van der Waals surface area (Å²) >= 11 is 0. The van der Waals surface area contributed by atoms with Gasteiger partial charge in [-0.1, -0.05) is 12.1 Å². The van der Waals surface area contributed by atoms with Crippen molar-refractivity contribution >= 4 is 28.5 Å². The normalized spacial score (nSPS) is 14.8. The van der Waals surface area contributed by atoms with Crippen LogP contribution in [-0.2, 0) is 12.1 Å². The standard InChI is InChI=1S/C26H31N9O2/c1-5-11-34-24(36)19-17-28-25(29-18-9-10-21(27-16-18)33-14-12-32(4)13-15-33)31-23(19)35(34)22-8-6-7-20(30-22)26(2,3)37/h5-10,16-17,37H,1,11-15H2,2-4H3,(H,28,29,31). The lowest BCUT2D eigenvalue weighted by Gasteiger charge is -2.33. The van der Waals surface area contributed by atoms with Gasteiger partial charge < -0.3 is 20.2 Å². The van der Waals surface area contributed by atoms with Crippen molar-refractivity contribution in [3.63, 3.8) is 0 Å². The van der Waals surface area contributed by atoms with Gasteiger partial charge >= 0.3 is 0 Å². The van der Waals surface area contributed by atoms with Crippen molar-refractivity contribution in [1.29, 1.82) is 0 Å². The Kier molecular flexibility index (Phi) is 6.48. The fourth-order valence-corrected chi connectivity index (χ4v) is 4.30. The lowest BCUT2D eigenvalue weighted by molar-refractivity contribution is 0.0738. The Hall–Kier alpha value is -4.09. The Morgan fingerprint density at radius 3 is 2.51 bits per heavy atom. The van der Waals surface area contributed by atoms with Crippen LogP contribution < -0.4 is 15.8 Å². The highest BCUT2D eigenvalue weighted by molar-refractivity contribution is 5.77. The Labute approximate surface area is 214 Å². The number of anilines is 3. The van der Waals surface area contributed by atoms with Gasteiger partial charge in [0.15, 0.2) is 11.5 Å². The molecule has 192 valence electrons. The van der Waals surface area contributed by atoms with E-state index in [2.05, 4.69) is 48.7 Å². The highest BCUT2D eigenvalue weighted by Gasteiger charge is 2.22. The van der Waals surface area contributed by atoms with E-state index < -0.39 is 5.60 Å². The SMILES string of the molecule is C=CCn1c(=O)c2cnc(Nc3ccc(N4CCN(C)CC4)nc3)nc2n1-c1cccc(C(C)(C)O)n1. The van der Waals surface area contributed by atoms with Gasteiger partial charge in [0.05, 0.1) is 24.1 Å². The molecule has 5 heterocycles. The Bertz CT molecular complexity index is 1480. The van der Waals surface area contributed by atoms with Crippen LogP contribution in [0.1, 0.15) is 19.5 Å². The van der Waals surface area contributed by atoms with E-state index in [4.69, 9.17) is 0 Å². The van der Waals surface area contributed by atoms with Crippen LogP contribution in [0.15, 0.2) is 60.2 Å². The van der Waals surface area contributed by atoms with Crippen LogP contribution in [0.4, 0.5) is 17.5 Å². The Morgan fingerprint density at radius 2 is 1.84 bits per heavy atom. The van der Waals surface area contributed by atoms with Crippen LogP contribution in [-0.4, -0.2) is 72.5 Å². The van der Waals surface area contributed by atoms with Gasteiger partial charge in [-0.25, -0.2) is 24.3 Å². The van der Waals surface area contributed by atoms with Gasteiger partial charge in [-0.3, -0.25) is 4.79 Å². The van der Waals surface area contributed by atoms with E-state index in [9.17, 15) is 9.90 Å². The first-order valence-corrected chi connectivity index (χ1v) is 12.2. The molecule has 0 spiro atoms. The van der Waals surface area contributed by atoms with E-state index in [0.717, 1.165) is 37.7 Å². The first-order valence-electron chi connectivity index (χ1n) is 12.2. The van der Waals surface area contributed by atoms with Crippen LogP contribution >= 0.6 is 0 Å². The number of aromatic nitrogens is 6. The minimum absolute atomic E-state index is 0.254. The summed E-state index contributed by atoms with van der Waals surface area (Å²) in [5.74, 6) is 1.71. The molecule has 1 saturated heterocycles. The molecule has 1 aliphatic rings. The van der Waals surface area contributed by atoms with Gasteiger partial charge in [0.25, 0.3) is 5.56 Å². The number of allylic oxidation sites excluding steroid dienone is 1. The number of piperazine rings is 1. The Balaban J connectivity index is 1.50. The largest absolute Gasteiger partial charge is 0.384 e. The average Bonchev–Trinajstić information content (AvgIpc) is 3.15. The van der Waals surface area contributed by atoms with Crippen LogP contribution in [0.25, 0.3) is 16.9 Å². The average molecular weight is 502 g/mol.